The van der Waals surface area contributed by atoms with Crippen LogP contribution in [0.3, 0.4) is 0 Å². The molecule has 0 unspecified atom stereocenters. The SMILES string of the molecule is Cc1c(Br)cncc1-c1nc(-c2ccc(Oc3ccccc3F)c(F)c2)no1. The molecule has 4 aromatic rings. The standard InChI is InChI=1S/C20H12BrF2N3O2/c1-11-13(9-24-10-14(11)21)20-25-19(26-28-20)12-6-7-18(16(23)8-12)27-17-5-3-2-4-15(17)22/h2-10H,1H3. The molecule has 4 rings (SSSR count). The van der Waals surface area contributed by atoms with Gasteiger partial charge in [0, 0.05) is 22.4 Å². The van der Waals surface area contributed by atoms with Crippen LogP contribution in [0.1, 0.15) is 5.56 Å². The fourth-order valence-corrected chi connectivity index (χ4v) is 2.87. The van der Waals surface area contributed by atoms with Crippen molar-refractivity contribution in [3.8, 4) is 34.3 Å². The molecule has 0 atom stereocenters. The molecule has 0 radical (unpaired) electrons. The summed E-state index contributed by atoms with van der Waals surface area (Å²) in [7, 11) is 0. The Morgan fingerprint density at radius 3 is 2.57 bits per heavy atom. The second kappa shape index (κ2) is 7.47. The van der Waals surface area contributed by atoms with Crippen LogP contribution in [-0.4, -0.2) is 15.1 Å². The molecular formula is C20H12BrF2N3O2. The van der Waals surface area contributed by atoms with E-state index in [4.69, 9.17) is 9.26 Å². The fraction of sp³-hybridized carbons (Fsp3) is 0.0500. The van der Waals surface area contributed by atoms with Crippen LogP contribution < -0.4 is 4.74 Å². The van der Waals surface area contributed by atoms with Crippen molar-refractivity contribution in [2.75, 3.05) is 0 Å². The van der Waals surface area contributed by atoms with Gasteiger partial charge in [-0.25, -0.2) is 8.78 Å². The van der Waals surface area contributed by atoms with E-state index in [9.17, 15) is 8.78 Å². The van der Waals surface area contributed by atoms with E-state index < -0.39 is 11.6 Å². The lowest BCUT2D eigenvalue weighted by Crippen LogP contribution is -1.92. The first-order chi connectivity index (χ1) is 13.5. The normalized spacial score (nSPS) is 10.9. The van der Waals surface area contributed by atoms with Crippen LogP contribution in [0.4, 0.5) is 8.78 Å². The third kappa shape index (κ3) is 3.50. The molecule has 5 nitrogen and oxygen atoms in total. The first-order valence-electron chi connectivity index (χ1n) is 8.19. The van der Waals surface area contributed by atoms with Gasteiger partial charge in [0.1, 0.15) is 0 Å². The smallest absolute Gasteiger partial charge is 0.260 e. The van der Waals surface area contributed by atoms with E-state index in [1.54, 1.807) is 24.5 Å². The van der Waals surface area contributed by atoms with Gasteiger partial charge in [-0.15, -0.1) is 0 Å². The van der Waals surface area contributed by atoms with Crippen LogP contribution in [0.5, 0.6) is 11.5 Å². The molecule has 2 aromatic carbocycles. The molecule has 0 aliphatic carbocycles. The summed E-state index contributed by atoms with van der Waals surface area (Å²) < 4.78 is 39.6. The second-order valence-corrected chi connectivity index (χ2v) is 6.75. The Balaban J connectivity index is 1.62. The van der Waals surface area contributed by atoms with Gasteiger partial charge in [-0.05, 0) is 58.7 Å². The number of rotatable bonds is 4. The van der Waals surface area contributed by atoms with Crippen molar-refractivity contribution >= 4 is 15.9 Å². The van der Waals surface area contributed by atoms with Gasteiger partial charge in [0.25, 0.3) is 5.89 Å². The van der Waals surface area contributed by atoms with Crippen molar-refractivity contribution < 1.29 is 18.0 Å². The molecule has 0 spiro atoms. The van der Waals surface area contributed by atoms with Crippen molar-refractivity contribution in [2.24, 2.45) is 0 Å². The molecule has 0 fully saturated rings. The summed E-state index contributed by atoms with van der Waals surface area (Å²) in [5.41, 5.74) is 1.96. The molecule has 2 aromatic heterocycles. The zero-order valence-electron chi connectivity index (χ0n) is 14.5. The average molecular weight is 444 g/mol. The third-order valence-electron chi connectivity index (χ3n) is 4.06. The highest BCUT2D eigenvalue weighted by Gasteiger charge is 2.16. The van der Waals surface area contributed by atoms with Gasteiger partial charge in [0.15, 0.2) is 23.1 Å². The monoisotopic (exact) mass is 443 g/mol. The van der Waals surface area contributed by atoms with E-state index in [0.29, 0.717) is 11.1 Å². The second-order valence-electron chi connectivity index (χ2n) is 5.89. The Labute approximate surface area is 167 Å². The van der Waals surface area contributed by atoms with Crippen LogP contribution in [0.25, 0.3) is 22.8 Å². The summed E-state index contributed by atoms with van der Waals surface area (Å²) in [6.45, 7) is 1.89. The van der Waals surface area contributed by atoms with E-state index in [1.807, 2.05) is 6.92 Å². The van der Waals surface area contributed by atoms with Gasteiger partial charge in [-0.1, -0.05) is 17.3 Å². The number of hydrogen-bond donors (Lipinski definition) is 0. The van der Waals surface area contributed by atoms with Gasteiger partial charge in [0.2, 0.25) is 5.82 Å². The van der Waals surface area contributed by atoms with Crippen molar-refractivity contribution in [2.45, 2.75) is 6.92 Å². The lowest BCUT2D eigenvalue weighted by atomic mass is 10.1. The topological polar surface area (TPSA) is 61.0 Å². The first kappa shape index (κ1) is 18.2. The summed E-state index contributed by atoms with van der Waals surface area (Å²) >= 11 is 3.40. The molecule has 0 saturated carbocycles. The predicted molar refractivity (Wildman–Crippen MR) is 102 cm³/mol. The van der Waals surface area contributed by atoms with Gasteiger partial charge in [-0.2, -0.15) is 4.98 Å². The van der Waals surface area contributed by atoms with Gasteiger partial charge < -0.3 is 9.26 Å². The molecule has 0 aliphatic heterocycles. The number of para-hydroxylation sites is 1. The first-order valence-corrected chi connectivity index (χ1v) is 8.98. The lowest BCUT2D eigenvalue weighted by molar-refractivity contribution is 0.414. The number of benzene rings is 2. The van der Waals surface area contributed by atoms with E-state index >= 15 is 0 Å². The quantitative estimate of drug-likeness (QED) is 0.390. The van der Waals surface area contributed by atoms with Crippen molar-refractivity contribution in [3.05, 3.63) is 76.5 Å². The molecule has 0 bridgehead atoms. The summed E-state index contributed by atoms with van der Waals surface area (Å²) in [5, 5.41) is 3.91. The summed E-state index contributed by atoms with van der Waals surface area (Å²) in [6, 6.07) is 9.95. The van der Waals surface area contributed by atoms with Crippen LogP contribution in [-0.2, 0) is 0 Å². The number of nitrogens with zero attached hydrogens (tertiary/aromatic N) is 3. The zero-order valence-corrected chi connectivity index (χ0v) is 16.1. The summed E-state index contributed by atoms with van der Waals surface area (Å²) in [6.07, 6.45) is 3.28. The number of hydrogen-bond acceptors (Lipinski definition) is 5. The van der Waals surface area contributed by atoms with Gasteiger partial charge in [0.05, 0.1) is 5.56 Å². The highest BCUT2D eigenvalue weighted by Crippen LogP contribution is 2.31. The molecule has 0 aliphatic rings. The molecule has 0 amide bonds. The Hall–Kier alpha value is -3.13. The number of ether oxygens (including phenoxy) is 1. The number of pyridine rings is 1. The predicted octanol–water partition coefficient (Wildman–Crippen LogP) is 5.94. The molecule has 140 valence electrons. The molecule has 8 heteroatoms. The van der Waals surface area contributed by atoms with Gasteiger partial charge >= 0.3 is 0 Å². The summed E-state index contributed by atoms with van der Waals surface area (Å²) in [4.78, 5) is 8.41. The zero-order chi connectivity index (χ0) is 19.7. The summed E-state index contributed by atoms with van der Waals surface area (Å²) in [5.74, 6) is -0.934. The molecule has 2 heterocycles. The lowest BCUT2D eigenvalue weighted by Gasteiger charge is -2.08. The van der Waals surface area contributed by atoms with E-state index in [0.717, 1.165) is 10.0 Å². The maximum absolute atomic E-state index is 14.5. The number of aromatic nitrogens is 3. The molecule has 0 saturated heterocycles. The molecule has 28 heavy (non-hydrogen) atoms. The Bertz CT molecular complexity index is 1160. The molecular weight excluding hydrogens is 432 g/mol. The van der Waals surface area contributed by atoms with Crippen molar-refractivity contribution in [1.29, 1.82) is 0 Å². The van der Waals surface area contributed by atoms with Crippen LogP contribution in [0.15, 0.2) is 63.9 Å². The van der Waals surface area contributed by atoms with Crippen LogP contribution in [0.2, 0.25) is 0 Å². The Morgan fingerprint density at radius 2 is 1.79 bits per heavy atom. The maximum Gasteiger partial charge on any atom is 0.260 e. The number of halogens is 3. The van der Waals surface area contributed by atoms with E-state index in [1.165, 1.54) is 30.3 Å². The van der Waals surface area contributed by atoms with E-state index in [2.05, 4.69) is 31.1 Å². The van der Waals surface area contributed by atoms with Crippen LogP contribution >= 0.6 is 15.9 Å². The van der Waals surface area contributed by atoms with E-state index in [-0.39, 0.29) is 23.2 Å². The minimum atomic E-state index is -0.674. The average Bonchev–Trinajstić information content (AvgIpc) is 3.17. The fourth-order valence-electron chi connectivity index (χ4n) is 2.53. The Morgan fingerprint density at radius 1 is 1.00 bits per heavy atom. The van der Waals surface area contributed by atoms with Crippen molar-refractivity contribution in [3.63, 3.8) is 0 Å². The third-order valence-corrected chi connectivity index (χ3v) is 4.86. The minimum Gasteiger partial charge on any atom is -0.451 e. The largest absolute Gasteiger partial charge is 0.451 e. The minimum absolute atomic E-state index is 0.0615. The Kier molecular flexibility index (Phi) is 4.87. The highest BCUT2D eigenvalue weighted by atomic mass is 79.9. The van der Waals surface area contributed by atoms with Crippen LogP contribution in [0, 0.1) is 18.6 Å². The molecule has 0 N–H and O–H groups in total. The maximum atomic E-state index is 14.5. The van der Waals surface area contributed by atoms with Crippen molar-refractivity contribution in [1.82, 2.24) is 15.1 Å². The van der Waals surface area contributed by atoms with Gasteiger partial charge in [-0.3, -0.25) is 4.98 Å². The highest BCUT2D eigenvalue weighted by molar-refractivity contribution is 9.10.